The van der Waals surface area contributed by atoms with Gasteiger partial charge in [-0.3, -0.25) is 9.59 Å². The first kappa shape index (κ1) is 20.6. The predicted molar refractivity (Wildman–Crippen MR) is 114 cm³/mol. The van der Waals surface area contributed by atoms with Crippen molar-refractivity contribution in [2.75, 3.05) is 0 Å². The lowest BCUT2D eigenvalue weighted by Crippen LogP contribution is -2.47. The number of imidazole rings is 1. The molecule has 0 spiro atoms. The molecule has 0 saturated heterocycles. The van der Waals surface area contributed by atoms with Crippen LogP contribution in [0.15, 0.2) is 48.5 Å². The fourth-order valence-corrected chi connectivity index (χ4v) is 3.41. The number of carbonyl (C=O) groups is 2. The van der Waals surface area contributed by atoms with Crippen LogP contribution in [0.3, 0.4) is 0 Å². The predicted octanol–water partition coefficient (Wildman–Crippen LogP) is 3.34. The normalized spacial score (nSPS) is 12.2. The zero-order chi connectivity index (χ0) is 21.0. The van der Waals surface area contributed by atoms with E-state index in [1.165, 1.54) is 0 Å². The van der Waals surface area contributed by atoms with E-state index in [-0.39, 0.29) is 17.7 Å². The van der Waals surface area contributed by atoms with Gasteiger partial charge in [0.25, 0.3) is 5.91 Å². The molecule has 1 aromatic heterocycles. The summed E-state index contributed by atoms with van der Waals surface area (Å²) in [4.78, 5) is 30.2. The van der Waals surface area contributed by atoms with E-state index in [1.807, 2.05) is 74.9 Å². The molecule has 6 heteroatoms. The lowest BCUT2D eigenvalue weighted by molar-refractivity contribution is -0.123. The minimum absolute atomic E-state index is 0.201. The van der Waals surface area contributed by atoms with Crippen molar-refractivity contribution in [3.8, 4) is 0 Å². The molecule has 0 aliphatic rings. The highest BCUT2D eigenvalue weighted by atomic mass is 16.2. The summed E-state index contributed by atoms with van der Waals surface area (Å²) in [7, 11) is 1.93. The molecule has 2 amide bonds. The maximum absolute atomic E-state index is 12.9. The summed E-state index contributed by atoms with van der Waals surface area (Å²) < 4.78 is 1.97. The number of aryl methyl sites for hydroxylation is 2. The van der Waals surface area contributed by atoms with Crippen LogP contribution in [0.2, 0.25) is 0 Å². The quantitative estimate of drug-likeness (QED) is 0.647. The summed E-state index contributed by atoms with van der Waals surface area (Å²) in [6.45, 7) is 6.26. The van der Waals surface area contributed by atoms with Crippen molar-refractivity contribution >= 4 is 22.8 Å². The van der Waals surface area contributed by atoms with Gasteiger partial charge in [-0.25, -0.2) is 4.98 Å². The molecule has 0 aliphatic heterocycles. The number of nitrogens with zero attached hydrogens (tertiary/aromatic N) is 2. The highest BCUT2D eigenvalue weighted by molar-refractivity contribution is 5.98. The third kappa shape index (κ3) is 4.83. The molecule has 152 valence electrons. The second-order valence-electron chi connectivity index (χ2n) is 7.76. The van der Waals surface area contributed by atoms with Gasteiger partial charge in [-0.2, -0.15) is 0 Å². The second kappa shape index (κ2) is 8.90. The minimum atomic E-state index is -0.600. The number of aromatic nitrogens is 2. The highest BCUT2D eigenvalue weighted by Crippen LogP contribution is 2.14. The first-order valence-electron chi connectivity index (χ1n) is 9.91. The average Bonchev–Trinajstić information content (AvgIpc) is 3.01. The summed E-state index contributed by atoms with van der Waals surface area (Å²) in [5, 5.41) is 5.85. The zero-order valence-corrected chi connectivity index (χ0v) is 17.4. The van der Waals surface area contributed by atoms with Crippen LogP contribution in [-0.2, 0) is 18.4 Å². The molecular weight excluding hydrogens is 364 g/mol. The maximum atomic E-state index is 12.9. The molecule has 2 N–H and O–H groups in total. The van der Waals surface area contributed by atoms with Crippen molar-refractivity contribution in [3.63, 3.8) is 0 Å². The Kier molecular flexibility index (Phi) is 6.32. The Balaban J connectivity index is 1.71. The van der Waals surface area contributed by atoms with Crippen LogP contribution in [0.25, 0.3) is 11.0 Å². The molecule has 0 bridgehead atoms. The molecule has 0 fully saturated rings. The molecule has 29 heavy (non-hydrogen) atoms. The number of benzene rings is 2. The van der Waals surface area contributed by atoms with E-state index < -0.39 is 6.04 Å². The van der Waals surface area contributed by atoms with Crippen LogP contribution < -0.4 is 10.6 Å². The number of fused-ring (bicyclic) bond motifs is 1. The molecule has 3 rings (SSSR count). The number of para-hydroxylation sites is 2. The van der Waals surface area contributed by atoms with Gasteiger partial charge < -0.3 is 15.2 Å². The zero-order valence-electron chi connectivity index (χ0n) is 17.4. The molecule has 1 unspecified atom stereocenters. The highest BCUT2D eigenvalue weighted by Gasteiger charge is 2.23. The average molecular weight is 393 g/mol. The van der Waals surface area contributed by atoms with E-state index in [1.54, 1.807) is 6.07 Å². The Bertz CT molecular complexity index is 1020. The molecular formula is C23H28N4O2. The minimum Gasteiger partial charge on any atom is -0.347 e. The van der Waals surface area contributed by atoms with Crippen molar-refractivity contribution in [2.24, 2.45) is 13.0 Å². The van der Waals surface area contributed by atoms with Gasteiger partial charge in [0.05, 0.1) is 17.6 Å². The maximum Gasteiger partial charge on any atom is 0.252 e. The Morgan fingerprint density at radius 3 is 2.45 bits per heavy atom. The molecule has 0 saturated carbocycles. The van der Waals surface area contributed by atoms with Crippen LogP contribution in [0.4, 0.5) is 0 Å². The standard InChI is InChI=1S/C23H28N4O2/c1-15(2)13-19(26-22(28)17-10-6-5-9-16(17)3)23(29)24-14-21-25-18-11-7-8-12-20(18)27(21)4/h5-12,15,19H,13-14H2,1-4H3,(H,24,29)(H,26,28). The van der Waals surface area contributed by atoms with Crippen molar-refractivity contribution in [2.45, 2.75) is 39.8 Å². The van der Waals surface area contributed by atoms with Gasteiger partial charge >= 0.3 is 0 Å². The van der Waals surface area contributed by atoms with Gasteiger partial charge in [0.1, 0.15) is 11.9 Å². The second-order valence-corrected chi connectivity index (χ2v) is 7.76. The summed E-state index contributed by atoms with van der Waals surface area (Å²) in [6, 6.07) is 14.6. The van der Waals surface area contributed by atoms with Crippen molar-refractivity contribution in [3.05, 3.63) is 65.5 Å². The molecule has 0 aliphatic carbocycles. The van der Waals surface area contributed by atoms with E-state index in [0.717, 1.165) is 22.4 Å². The van der Waals surface area contributed by atoms with Crippen molar-refractivity contribution in [1.82, 2.24) is 20.2 Å². The van der Waals surface area contributed by atoms with E-state index in [4.69, 9.17) is 0 Å². The number of rotatable bonds is 7. The first-order valence-corrected chi connectivity index (χ1v) is 9.91. The Morgan fingerprint density at radius 1 is 1.07 bits per heavy atom. The Hall–Kier alpha value is -3.15. The number of amides is 2. The van der Waals surface area contributed by atoms with Gasteiger partial charge in [-0.15, -0.1) is 0 Å². The van der Waals surface area contributed by atoms with E-state index in [9.17, 15) is 9.59 Å². The monoisotopic (exact) mass is 392 g/mol. The molecule has 0 radical (unpaired) electrons. The van der Waals surface area contributed by atoms with Gasteiger partial charge in [0, 0.05) is 12.6 Å². The molecule has 1 heterocycles. The number of carbonyl (C=O) groups excluding carboxylic acids is 2. The van der Waals surface area contributed by atoms with Crippen molar-refractivity contribution in [1.29, 1.82) is 0 Å². The number of hydrogen-bond acceptors (Lipinski definition) is 3. The SMILES string of the molecule is Cc1ccccc1C(=O)NC(CC(C)C)C(=O)NCc1nc2ccccc2n1C. The van der Waals surface area contributed by atoms with Crippen LogP contribution in [-0.4, -0.2) is 27.4 Å². The van der Waals surface area contributed by atoms with Crippen LogP contribution in [0.5, 0.6) is 0 Å². The molecule has 3 aromatic rings. The van der Waals surface area contributed by atoms with E-state index in [0.29, 0.717) is 18.5 Å². The third-order valence-corrected chi connectivity index (χ3v) is 5.02. The molecule has 2 aromatic carbocycles. The van der Waals surface area contributed by atoms with Crippen LogP contribution in [0.1, 0.15) is 42.0 Å². The van der Waals surface area contributed by atoms with Gasteiger partial charge in [0.15, 0.2) is 0 Å². The number of nitrogens with one attached hydrogen (secondary N) is 2. The Morgan fingerprint density at radius 2 is 1.76 bits per heavy atom. The Labute approximate surface area is 171 Å². The summed E-state index contributed by atoms with van der Waals surface area (Å²) in [5.41, 5.74) is 3.38. The van der Waals surface area contributed by atoms with E-state index in [2.05, 4.69) is 15.6 Å². The van der Waals surface area contributed by atoms with E-state index >= 15 is 0 Å². The smallest absolute Gasteiger partial charge is 0.252 e. The first-order chi connectivity index (χ1) is 13.9. The van der Waals surface area contributed by atoms with Crippen LogP contribution >= 0.6 is 0 Å². The third-order valence-electron chi connectivity index (χ3n) is 5.02. The van der Waals surface area contributed by atoms with Gasteiger partial charge in [-0.05, 0) is 43.0 Å². The summed E-state index contributed by atoms with van der Waals surface area (Å²) >= 11 is 0. The van der Waals surface area contributed by atoms with Gasteiger partial charge in [0.2, 0.25) is 5.91 Å². The number of hydrogen-bond donors (Lipinski definition) is 2. The van der Waals surface area contributed by atoms with Gasteiger partial charge in [-0.1, -0.05) is 44.2 Å². The topological polar surface area (TPSA) is 76.0 Å². The summed E-state index contributed by atoms with van der Waals surface area (Å²) in [6.07, 6.45) is 0.562. The lowest BCUT2D eigenvalue weighted by Gasteiger charge is -2.20. The fourth-order valence-electron chi connectivity index (χ4n) is 3.41. The molecule has 1 atom stereocenters. The largest absolute Gasteiger partial charge is 0.347 e. The summed E-state index contributed by atoms with van der Waals surface area (Å²) in [5.74, 6) is 0.603. The van der Waals surface area contributed by atoms with Crippen molar-refractivity contribution < 1.29 is 9.59 Å². The molecule has 6 nitrogen and oxygen atoms in total. The lowest BCUT2D eigenvalue weighted by atomic mass is 10.0. The van der Waals surface area contributed by atoms with Crippen LogP contribution in [0, 0.1) is 12.8 Å². The fraction of sp³-hybridized carbons (Fsp3) is 0.348.